The van der Waals surface area contributed by atoms with Crippen LogP contribution in [-0.2, 0) is 0 Å². The number of benzene rings is 1. The number of hydrogen-bond donors (Lipinski definition) is 3. The second-order valence-corrected chi connectivity index (χ2v) is 2.61. The van der Waals surface area contributed by atoms with Crippen LogP contribution in [-0.4, -0.2) is 5.91 Å². The molecule has 0 radical (unpaired) electrons. The zero-order chi connectivity index (χ0) is 10.4. The number of primary amides is 1. The summed E-state index contributed by atoms with van der Waals surface area (Å²) < 4.78 is 0. The summed E-state index contributed by atoms with van der Waals surface area (Å²) in [6.45, 7) is 3.86. The van der Waals surface area contributed by atoms with E-state index in [9.17, 15) is 4.79 Å². The third-order valence-electron chi connectivity index (χ3n) is 1.87. The van der Waals surface area contributed by atoms with Crippen molar-refractivity contribution in [3.63, 3.8) is 0 Å². The van der Waals surface area contributed by atoms with Gasteiger partial charge in [0.2, 0.25) is 5.91 Å². The standard InChI is InChI=1S/C9H11NO.H4N2/c1-6-4-3-5-8(7(6)2)9(10)11;1-2/h3-5H,1-2H3,(H2,10,11);1-2H2. The molecule has 0 heterocycles. The average Bonchev–Trinajstić information content (AvgIpc) is 2.13. The highest BCUT2D eigenvalue weighted by Crippen LogP contribution is 2.11. The van der Waals surface area contributed by atoms with Crippen molar-refractivity contribution >= 4 is 5.91 Å². The number of rotatable bonds is 1. The molecule has 0 saturated carbocycles. The summed E-state index contributed by atoms with van der Waals surface area (Å²) in [5.74, 6) is 7.64. The van der Waals surface area contributed by atoms with Gasteiger partial charge in [-0.05, 0) is 31.0 Å². The Morgan fingerprint density at radius 3 is 2.15 bits per heavy atom. The van der Waals surface area contributed by atoms with E-state index < -0.39 is 0 Å². The lowest BCUT2D eigenvalue weighted by molar-refractivity contribution is 0.0999. The van der Waals surface area contributed by atoms with Crippen LogP contribution in [0.5, 0.6) is 0 Å². The number of nitrogens with two attached hydrogens (primary N) is 3. The van der Waals surface area contributed by atoms with Crippen LogP contribution in [0, 0.1) is 13.8 Å². The second kappa shape index (κ2) is 5.29. The average molecular weight is 181 g/mol. The molecule has 0 bridgehead atoms. The Labute approximate surface area is 77.7 Å². The molecule has 0 unspecified atom stereocenters. The molecule has 1 rings (SSSR count). The maximum atomic E-state index is 10.8. The van der Waals surface area contributed by atoms with Gasteiger partial charge in [0.1, 0.15) is 0 Å². The quantitative estimate of drug-likeness (QED) is 0.427. The van der Waals surface area contributed by atoms with Crippen LogP contribution in [0.3, 0.4) is 0 Å². The SMILES string of the molecule is Cc1cccc(C(N)=O)c1C.NN. The molecule has 4 nitrogen and oxygen atoms in total. The lowest BCUT2D eigenvalue weighted by Gasteiger charge is -2.03. The molecule has 72 valence electrons. The number of carbonyl (C=O) groups is 1. The second-order valence-electron chi connectivity index (χ2n) is 2.61. The molecular formula is C9H15N3O. The first-order valence-electron chi connectivity index (χ1n) is 3.82. The fourth-order valence-electron chi connectivity index (χ4n) is 1.02. The van der Waals surface area contributed by atoms with E-state index in [4.69, 9.17) is 5.73 Å². The molecular weight excluding hydrogens is 166 g/mol. The highest BCUT2D eigenvalue weighted by atomic mass is 16.1. The number of hydrazine groups is 1. The smallest absolute Gasteiger partial charge is 0.248 e. The number of aryl methyl sites for hydroxylation is 1. The van der Waals surface area contributed by atoms with Gasteiger partial charge < -0.3 is 5.73 Å². The molecule has 0 aliphatic rings. The third-order valence-corrected chi connectivity index (χ3v) is 1.87. The van der Waals surface area contributed by atoms with Crippen LogP contribution in [0.25, 0.3) is 0 Å². The maximum Gasteiger partial charge on any atom is 0.248 e. The summed E-state index contributed by atoms with van der Waals surface area (Å²) in [5, 5.41) is 0. The van der Waals surface area contributed by atoms with Crippen molar-refractivity contribution in [2.45, 2.75) is 13.8 Å². The van der Waals surface area contributed by atoms with Gasteiger partial charge in [-0.25, -0.2) is 0 Å². The monoisotopic (exact) mass is 181 g/mol. The molecule has 1 aromatic carbocycles. The van der Waals surface area contributed by atoms with Gasteiger partial charge >= 0.3 is 0 Å². The third kappa shape index (κ3) is 2.85. The summed E-state index contributed by atoms with van der Waals surface area (Å²) in [4.78, 5) is 10.8. The largest absolute Gasteiger partial charge is 0.366 e. The summed E-state index contributed by atoms with van der Waals surface area (Å²) in [6, 6.07) is 5.54. The summed E-state index contributed by atoms with van der Waals surface area (Å²) >= 11 is 0. The van der Waals surface area contributed by atoms with E-state index in [-0.39, 0.29) is 5.91 Å². The number of hydrogen-bond acceptors (Lipinski definition) is 3. The van der Waals surface area contributed by atoms with Crippen LogP contribution >= 0.6 is 0 Å². The Bertz CT molecular complexity index is 297. The Morgan fingerprint density at radius 2 is 1.77 bits per heavy atom. The fourth-order valence-corrected chi connectivity index (χ4v) is 1.02. The Hall–Kier alpha value is -1.39. The van der Waals surface area contributed by atoms with Crippen molar-refractivity contribution in [1.82, 2.24) is 0 Å². The normalized spacial score (nSPS) is 8.62. The first kappa shape index (κ1) is 11.6. The van der Waals surface area contributed by atoms with E-state index in [2.05, 4.69) is 11.7 Å². The van der Waals surface area contributed by atoms with Gasteiger partial charge in [0.05, 0.1) is 0 Å². The molecule has 0 fully saturated rings. The number of amides is 1. The Kier molecular flexibility index (Phi) is 4.72. The highest BCUT2D eigenvalue weighted by Gasteiger charge is 2.04. The minimum atomic E-state index is -0.355. The highest BCUT2D eigenvalue weighted by molar-refractivity contribution is 5.94. The van der Waals surface area contributed by atoms with Crippen LogP contribution in [0.15, 0.2) is 18.2 Å². The fraction of sp³-hybridized carbons (Fsp3) is 0.222. The van der Waals surface area contributed by atoms with Gasteiger partial charge in [0.25, 0.3) is 0 Å². The molecule has 1 aromatic rings. The van der Waals surface area contributed by atoms with E-state index in [1.807, 2.05) is 26.0 Å². The van der Waals surface area contributed by atoms with E-state index in [0.29, 0.717) is 5.56 Å². The van der Waals surface area contributed by atoms with E-state index in [1.165, 1.54) is 0 Å². The summed E-state index contributed by atoms with van der Waals surface area (Å²) in [7, 11) is 0. The predicted molar refractivity (Wildman–Crippen MR) is 52.8 cm³/mol. The molecule has 1 amide bonds. The van der Waals surface area contributed by atoms with Crippen molar-refractivity contribution in [3.05, 3.63) is 34.9 Å². The molecule has 0 atom stereocenters. The van der Waals surface area contributed by atoms with Crippen molar-refractivity contribution < 1.29 is 4.79 Å². The maximum absolute atomic E-state index is 10.8. The minimum absolute atomic E-state index is 0.355. The first-order chi connectivity index (χ1) is 6.13. The number of carbonyl (C=O) groups excluding carboxylic acids is 1. The Morgan fingerprint density at radius 1 is 1.23 bits per heavy atom. The molecule has 0 aliphatic heterocycles. The van der Waals surface area contributed by atoms with Gasteiger partial charge in [-0.15, -0.1) is 0 Å². The Balaban J connectivity index is 0.000000671. The molecule has 0 spiro atoms. The zero-order valence-electron chi connectivity index (χ0n) is 7.87. The molecule has 6 N–H and O–H groups in total. The van der Waals surface area contributed by atoms with Gasteiger partial charge in [0, 0.05) is 5.56 Å². The predicted octanol–water partition coefficient (Wildman–Crippen LogP) is 0.221. The van der Waals surface area contributed by atoms with Crippen molar-refractivity contribution in [2.24, 2.45) is 17.4 Å². The van der Waals surface area contributed by atoms with Crippen LogP contribution in [0.1, 0.15) is 21.5 Å². The van der Waals surface area contributed by atoms with Gasteiger partial charge in [-0.2, -0.15) is 0 Å². The van der Waals surface area contributed by atoms with Crippen molar-refractivity contribution in [3.8, 4) is 0 Å². The topological polar surface area (TPSA) is 95.1 Å². The molecule has 13 heavy (non-hydrogen) atoms. The van der Waals surface area contributed by atoms with Crippen molar-refractivity contribution in [2.75, 3.05) is 0 Å². The van der Waals surface area contributed by atoms with E-state index >= 15 is 0 Å². The summed E-state index contributed by atoms with van der Waals surface area (Å²) in [6.07, 6.45) is 0. The lowest BCUT2D eigenvalue weighted by Crippen LogP contribution is -2.12. The van der Waals surface area contributed by atoms with E-state index in [0.717, 1.165) is 11.1 Å². The van der Waals surface area contributed by atoms with Gasteiger partial charge in [-0.3, -0.25) is 16.5 Å². The first-order valence-corrected chi connectivity index (χ1v) is 3.82. The molecule has 4 heteroatoms. The van der Waals surface area contributed by atoms with Gasteiger partial charge in [-0.1, -0.05) is 12.1 Å². The van der Waals surface area contributed by atoms with Crippen molar-refractivity contribution in [1.29, 1.82) is 0 Å². The molecule has 0 saturated heterocycles. The summed E-state index contributed by atoms with van der Waals surface area (Å²) in [5.41, 5.74) is 7.83. The zero-order valence-corrected chi connectivity index (χ0v) is 7.87. The van der Waals surface area contributed by atoms with Gasteiger partial charge in [0.15, 0.2) is 0 Å². The van der Waals surface area contributed by atoms with Crippen LogP contribution in [0.2, 0.25) is 0 Å². The van der Waals surface area contributed by atoms with E-state index in [1.54, 1.807) is 6.07 Å². The van der Waals surface area contributed by atoms with Crippen LogP contribution in [0.4, 0.5) is 0 Å². The molecule has 0 aromatic heterocycles. The minimum Gasteiger partial charge on any atom is -0.366 e. The molecule has 0 aliphatic carbocycles. The van der Waals surface area contributed by atoms with Crippen LogP contribution < -0.4 is 17.4 Å². The lowest BCUT2D eigenvalue weighted by atomic mass is 10.0.